The van der Waals surface area contributed by atoms with Crippen molar-refractivity contribution >= 4 is 49.8 Å². The third-order valence-corrected chi connectivity index (χ3v) is 12.0. The highest BCUT2D eigenvalue weighted by Gasteiger charge is 2.18. The van der Waals surface area contributed by atoms with E-state index in [1.807, 2.05) is 0 Å². The van der Waals surface area contributed by atoms with Crippen LogP contribution in [0, 0.1) is 6.92 Å². The first-order chi connectivity index (χ1) is 30.1. The maximum absolute atomic E-state index is 6.50. The van der Waals surface area contributed by atoms with Crippen molar-refractivity contribution in [2.45, 2.75) is 6.92 Å². The van der Waals surface area contributed by atoms with Gasteiger partial charge in [0.05, 0.1) is 0 Å². The second kappa shape index (κ2) is 15.3. The number of aryl methyl sites for hydroxylation is 1. The minimum absolute atomic E-state index is 0.871. The Bertz CT molecular complexity index is 3330. The lowest BCUT2D eigenvalue weighted by molar-refractivity contribution is 0.669. The van der Waals surface area contributed by atoms with E-state index in [1.165, 1.54) is 71.8 Å². The van der Waals surface area contributed by atoms with E-state index in [9.17, 15) is 0 Å². The number of nitrogens with zero attached hydrogens (tertiary/aromatic N) is 1. The first-order valence-corrected chi connectivity index (χ1v) is 20.9. The molecule has 11 aromatic rings. The molecular weight excluding hydrogens is 739 g/mol. The molecule has 2 heteroatoms. The monoisotopic (exact) mass is 779 g/mol. The third kappa shape index (κ3) is 6.75. The molecule has 0 amide bonds. The number of benzene rings is 10. The van der Waals surface area contributed by atoms with Gasteiger partial charge in [-0.3, -0.25) is 0 Å². The van der Waals surface area contributed by atoms with E-state index in [2.05, 4.69) is 242 Å². The molecule has 10 aromatic carbocycles. The molecule has 0 atom stereocenters. The lowest BCUT2D eigenvalue weighted by Gasteiger charge is -2.26. The summed E-state index contributed by atoms with van der Waals surface area (Å²) in [5.74, 6) is 0. The van der Waals surface area contributed by atoms with E-state index in [4.69, 9.17) is 4.42 Å². The average Bonchev–Trinajstić information content (AvgIpc) is 3.71. The Morgan fingerprint density at radius 2 is 0.787 bits per heavy atom. The molecule has 288 valence electrons. The van der Waals surface area contributed by atoms with Crippen molar-refractivity contribution in [3.05, 3.63) is 236 Å². The maximum atomic E-state index is 6.50. The van der Waals surface area contributed by atoms with Gasteiger partial charge in [0.1, 0.15) is 11.2 Å². The summed E-state index contributed by atoms with van der Waals surface area (Å²) in [5, 5.41) is 4.75. The van der Waals surface area contributed by atoms with Crippen molar-refractivity contribution in [3.63, 3.8) is 0 Å². The summed E-state index contributed by atoms with van der Waals surface area (Å²) in [6.45, 7) is 2.15. The summed E-state index contributed by atoms with van der Waals surface area (Å²) in [5.41, 5.74) is 18.1. The summed E-state index contributed by atoms with van der Waals surface area (Å²) in [6.07, 6.45) is 0. The molecule has 0 aliphatic rings. The van der Waals surface area contributed by atoms with Gasteiger partial charge in [-0.25, -0.2) is 0 Å². The number of anilines is 3. The average molecular weight is 780 g/mol. The molecule has 0 saturated heterocycles. The van der Waals surface area contributed by atoms with E-state index in [1.54, 1.807) is 0 Å². The van der Waals surface area contributed by atoms with Gasteiger partial charge in [0.2, 0.25) is 0 Å². The quantitative estimate of drug-likeness (QED) is 0.153. The number of hydrogen-bond donors (Lipinski definition) is 0. The van der Waals surface area contributed by atoms with Crippen LogP contribution < -0.4 is 4.90 Å². The topological polar surface area (TPSA) is 16.4 Å². The zero-order valence-corrected chi connectivity index (χ0v) is 33.8. The Hall–Kier alpha value is -7.94. The van der Waals surface area contributed by atoms with Gasteiger partial charge >= 0.3 is 0 Å². The van der Waals surface area contributed by atoms with Crippen molar-refractivity contribution in [1.82, 2.24) is 0 Å². The van der Waals surface area contributed by atoms with Gasteiger partial charge in [-0.2, -0.15) is 0 Å². The molecule has 1 aromatic heterocycles. The smallest absolute Gasteiger partial charge is 0.137 e. The summed E-state index contributed by atoms with van der Waals surface area (Å²) in [7, 11) is 0. The molecule has 0 N–H and O–H groups in total. The van der Waals surface area contributed by atoms with Crippen LogP contribution in [0.3, 0.4) is 0 Å². The first-order valence-electron chi connectivity index (χ1n) is 20.9. The van der Waals surface area contributed by atoms with Crippen molar-refractivity contribution < 1.29 is 4.42 Å². The maximum Gasteiger partial charge on any atom is 0.137 e. The summed E-state index contributed by atoms with van der Waals surface area (Å²) >= 11 is 0. The molecule has 0 aliphatic carbocycles. The fraction of sp³-hybridized carbons (Fsp3) is 0.0169. The van der Waals surface area contributed by atoms with Crippen LogP contribution in [-0.2, 0) is 0 Å². The van der Waals surface area contributed by atoms with Gasteiger partial charge < -0.3 is 9.32 Å². The van der Waals surface area contributed by atoms with Crippen molar-refractivity contribution in [1.29, 1.82) is 0 Å². The summed E-state index contributed by atoms with van der Waals surface area (Å²) in [4.78, 5) is 2.33. The molecule has 2 nitrogen and oxygen atoms in total. The number of rotatable bonds is 8. The highest BCUT2D eigenvalue weighted by atomic mass is 16.3. The molecule has 11 rings (SSSR count). The van der Waals surface area contributed by atoms with E-state index >= 15 is 0 Å². The Balaban J connectivity index is 1.02. The van der Waals surface area contributed by atoms with E-state index < -0.39 is 0 Å². The molecule has 0 saturated carbocycles. The minimum Gasteiger partial charge on any atom is -0.456 e. The molecule has 0 aliphatic heterocycles. The lowest BCUT2D eigenvalue weighted by Crippen LogP contribution is -2.09. The van der Waals surface area contributed by atoms with Gasteiger partial charge in [0.15, 0.2) is 0 Å². The molecule has 0 spiro atoms. The van der Waals surface area contributed by atoms with Crippen LogP contribution in [0.1, 0.15) is 5.56 Å². The highest BCUT2D eigenvalue weighted by Crippen LogP contribution is 2.43. The van der Waals surface area contributed by atoms with Crippen LogP contribution >= 0.6 is 0 Å². The lowest BCUT2D eigenvalue weighted by atomic mass is 9.91. The van der Waals surface area contributed by atoms with Crippen molar-refractivity contribution in [2.24, 2.45) is 0 Å². The van der Waals surface area contributed by atoms with E-state index in [0.717, 1.165) is 39.2 Å². The second-order valence-electron chi connectivity index (χ2n) is 15.8. The van der Waals surface area contributed by atoms with Gasteiger partial charge in [-0.1, -0.05) is 164 Å². The molecule has 1 heterocycles. The van der Waals surface area contributed by atoms with Gasteiger partial charge in [0.25, 0.3) is 0 Å². The van der Waals surface area contributed by atoms with Crippen molar-refractivity contribution in [3.8, 4) is 55.6 Å². The predicted molar refractivity (Wildman–Crippen MR) is 258 cm³/mol. The fourth-order valence-corrected chi connectivity index (χ4v) is 8.96. The summed E-state index contributed by atoms with van der Waals surface area (Å²) in [6, 6.07) is 83.0. The third-order valence-electron chi connectivity index (χ3n) is 12.0. The van der Waals surface area contributed by atoms with Crippen LogP contribution in [0.4, 0.5) is 17.1 Å². The normalized spacial score (nSPS) is 11.4. The number of fused-ring (bicyclic) bond motifs is 4. The molecule has 0 bridgehead atoms. The van der Waals surface area contributed by atoms with Crippen LogP contribution in [-0.4, -0.2) is 0 Å². The largest absolute Gasteiger partial charge is 0.456 e. The molecule has 0 radical (unpaired) electrons. The zero-order valence-electron chi connectivity index (χ0n) is 33.8. The standard InChI is InChI=1S/C59H41NO/c1-40-14-13-23-57-59(40)53-35-33-51(39-58(53)61-57)60(50-31-26-45(27-32-50)56-37-47-22-12-11-21-46(47)36-55(56)44-19-9-4-10-20-44)49-29-24-41(25-30-49)48-28-34-52(42-15-5-2-6-16-42)54(38-48)43-17-7-3-8-18-43/h2-39H,1H3. The van der Waals surface area contributed by atoms with Crippen LogP contribution in [0.15, 0.2) is 235 Å². The second-order valence-corrected chi connectivity index (χ2v) is 15.8. The van der Waals surface area contributed by atoms with Gasteiger partial charge in [0, 0.05) is 33.9 Å². The predicted octanol–water partition coefficient (Wildman–Crippen LogP) is 16.9. The van der Waals surface area contributed by atoms with Crippen LogP contribution in [0.2, 0.25) is 0 Å². The van der Waals surface area contributed by atoms with Gasteiger partial charge in [-0.05, 0) is 140 Å². The summed E-state index contributed by atoms with van der Waals surface area (Å²) < 4.78 is 6.50. The number of hydrogen-bond acceptors (Lipinski definition) is 2. The zero-order chi connectivity index (χ0) is 40.7. The Morgan fingerprint density at radius 1 is 0.311 bits per heavy atom. The Labute approximate surface area is 356 Å². The SMILES string of the molecule is Cc1cccc2oc3cc(N(c4ccc(-c5ccc(-c6ccccc6)c(-c6ccccc6)c5)cc4)c4ccc(-c5cc6ccccc6cc5-c5ccccc5)cc4)ccc3c12. The van der Waals surface area contributed by atoms with Crippen LogP contribution in [0.25, 0.3) is 88.3 Å². The van der Waals surface area contributed by atoms with Crippen LogP contribution in [0.5, 0.6) is 0 Å². The molecule has 61 heavy (non-hydrogen) atoms. The first kappa shape index (κ1) is 36.2. The van der Waals surface area contributed by atoms with E-state index in [0.29, 0.717) is 0 Å². The minimum atomic E-state index is 0.871. The Kier molecular flexibility index (Phi) is 9.09. The molecule has 0 unspecified atom stereocenters. The molecular formula is C59H41NO. The number of furan rings is 1. The van der Waals surface area contributed by atoms with E-state index in [-0.39, 0.29) is 0 Å². The Morgan fingerprint density at radius 3 is 1.38 bits per heavy atom. The highest BCUT2D eigenvalue weighted by molar-refractivity contribution is 6.08. The fourth-order valence-electron chi connectivity index (χ4n) is 8.96. The van der Waals surface area contributed by atoms with Gasteiger partial charge in [-0.15, -0.1) is 0 Å². The molecule has 0 fully saturated rings. The van der Waals surface area contributed by atoms with Crippen molar-refractivity contribution in [2.75, 3.05) is 4.90 Å².